The van der Waals surface area contributed by atoms with Crippen LogP contribution in [0.3, 0.4) is 0 Å². The first kappa shape index (κ1) is 13.1. The van der Waals surface area contributed by atoms with Crippen LogP contribution in [-0.4, -0.2) is 17.4 Å². The highest BCUT2D eigenvalue weighted by Gasteiger charge is 2.24. The maximum Gasteiger partial charge on any atom is 0.254 e. The Bertz CT molecular complexity index is 671. The summed E-state index contributed by atoms with van der Waals surface area (Å²) in [6.45, 7) is 0.965. The largest absolute Gasteiger partial charge is 0.334 e. The van der Waals surface area contributed by atoms with Crippen molar-refractivity contribution in [1.29, 1.82) is 0 Å². The van der Waals surface area contributed by atoms with E-state index in [1.807, 2.05) is 24.3 Å². The van der Waals surface area contributed by atoms with Gasteiger partial charge in [-0.25, -0.2) is 4.39 Å². The maximum atomic E-state index is 13.3. The van der Waals surface area contributed by atoms with E-state index >= 15 is 0 Å². The third kappa shape index (κ3) is 2.41. The molecule has 0 bridgehead atoms. The Kier molecular flexibility index (Phi) is 3.45. The van der Waals surface area contributed by atoms with E-state index in [4.69, 9.17) is 11.6 Å². The first-order valence-corrected chi connectivity index (χ1v) is 6.84. The molecule has 0 spiro atoms. The van der Waals surface area contributed by atoms with Gasteiger partial charge in [0.25, 0.3) is 5.91 Å². The zero-order chi connectivity index (χ0) is 14.1. The van der Waals surface area contributed by atoms with Crippen molar-refractivity contribution in [2.45, 2.75) is 13.0 Å². The zero-order valence-corrected chi connectivity index (χ0v) is 11.5. The van der Waals surface area contributed by atoms with Gasteiger partial charge < -0.3 is 4.90 Å². The zero-order valence-electron chi connectivity index (χ0n) is 10.8. The fourth-order valence-electron chi connectivity index (χ4n) is 2.50. The summed E-state index contributed by atoms with van der Waals surface area (Å²) in [5.41, 5.74) is 2.43. The molecule has 2 nitrogen and oxygen atoms in total. The van der Waals surface area contributed by atoms with Crippen LogP contribution >= 0.6 is 11.6 Å². The molecule has 0 aliphatic carbocycles. The molecule has 3 rings (SSSR count). The second-order valence-corrected chi connectivity index (χ2v) is 5.28. The number of hydrogen-bond donors (Lipinski definition) is 0. The molecule has 0 radical (unpaired) electrons. The molecule has 20 heavy (non-hydrogen) atoms. The van der Waals surface area contributed by atoms with Gasteiger partial charge in [-0.05, 0) is 41.8 Å². The lowest BCUT2D eigenvalue weighted by molar-refractivity contribution is 0.0727. The van der Waals surface area contributed by atoms with Crippen molar-refractivity contribution in [2.75, 3.05) is 6.54 Å². The van der Waals surface area contributed by atoms with Gasteiger partial charge in [0.15, 0.2) is 0 Å². The molecule has 0 unspecified atom stereocenters. The predicted molar refractivity (Wildman–Crippen MR) is 76.3 cm³/mol. The monoisotopic (exact) mass is 289 g/mol. The average molecular weight is 290 g/mol. The molecule has 4 heteroatoms. The van der Waals surface area contributed by atoms with Crippen LogP contribution in [0.5, 0.6) is 0 Å². The number of rotatable bonds is 2. The number of carbonyl (C=O) groups excluding carboxylic acids is 1. The number of benzene rings is 2. The molecule has 0 atom stereocenters. The number of halogens is 2. The van der Waals surface area contributed by atoms with Crippen LogP contribution in [0.15, 0.2) is 42.5 Å². The van der Waals surface area contributed by atoms with Gasteiger partial charge in [0, 0.05) is 23.7 Å². The Morgan fingerprint density at radius 1 is 1.20 bits per heavy atom. The molecule has 2 aromatic carbocycles. The lowest BCUT2D eigenvalue weighted by Crippen LogP contribution is -2.37. The average Bonchev–Trinajstić information content (AvgIpc) is 2.46. The quantitative estimate of drug-likeness (QED) is 0.826. The summed E-state index contributed by atoms with van der Waals surface area (Å²) in [5, 5.41) is 0.484. The molecule has 2 aromatic rings. The molecule has 102 valence electrons. The van der Waals surface area contributed by atoms with E-state index in [1.165, 1.54) is 18.2 Å². The van der Waals surface area contributed by atoms with E-state index < -0.39 is 0 Å². The van der Waals surface area contributed by atoms with Crippen LogP contribution in [0.4, 0.5) is 4.39 Å². The van der Waals surface area contributed by atoms with Crippen LogP contribution in [0.2, 0.25) is 5.02 Å². The molecule has 0 saturated heterocycles. The lowest BCUT2D eigenvalue weighted by atomic mass is 9.99. The van der Waals surface area contributed by atoms with Crippen LogP contribution in [0, 0.1) is 5.82 Å². The molecule has 1 aliphatic heterocycles. The van der Waals surface area contributed by atoms with Crippen molar-refractivity contribution >= 4 is 17.5 Å². The molecular weight excluding hydrogens is 277 g/mol. The highest BCUT2D eigenvalue weighted by molar-refractivity contribution is 6.31. The van der Waals surface area contributed by atoms with Crippen LogP contribution in [0.25, 0.3) is 0 Å². The molecule has 0 fully saturated rings. The van der Waals surface area contributed by atoms with E-state index in [1.54, 1.807) is 4.90 Å². The van der Waals surface area contributed by atoms with Gasteiger partial charge in [0.1, 0.15) is 5.82 Å². The van der Waals surface area contributed by atoms with Crippen LogP contribution in [-0.2, 0) is 13.0 Å². The van der Waals surface area contributed by atoms with E-state index in [2.05, 4.69) is 0 Å². The van der Waals surface area contributed by atoms with Crippen molar-refractivity contribution < 1.29 is 9.18 Å². The Labute approximate surface area is 121 Å². The van der Waals surface area contributed by atoms with Gasteiger partial charge >= 0.3 is 0 Å². The summed E-state index contributed by atoms with van der Waals surface area (Å²) in [5.74, 6) is -0.360. The smallest absolute Gasteiger partial charge is 0.254 e. The summed E-state index contributed by atoms with van der Waals surface area (Å²) < 4.78 is 13.3. The van der Waals surface area contributed by atoms with Gasteiger partial charge in [0.05, 0.1) is 0 Å². The number of nitrogens with zero attached hydrogens (tertiary/aromatic N) is 1. The van der Waals surface area contributed by atoms with Gasteiger partial charge in [0.2, 0.25) is 0 Å². The number of hydrogen-bond acceptors (Lipinski definition) is 1. The summed E-state index contributed by atoms with van der Waals surface area (Å²) in [6.07, 6.45) is 0.814. The van der Waals surface area contributed by atoms with Crippen molar-refractivity contribution in [3.63, 3.8) is 0 Å². The van der Waals surface area contributed by atoms with Gasteiger partial charge in [-0.2, -0.15) is 0 Å². The summed E-state index contributed by atoms with van der Waals surface area (Å²) >= 11 is 6.06. The molecule has 1 heterocycles. The highest BCUT2D eigenvalue weighted by atomic mass is 35.5. The Balaban J connectivity index is 1.86. The minimum absolute atomic E-state index is 0.0211. The van der Waals surface area contributed by atoms with Crippen molar-refractivity contribution in [1.82, 2.24) is 4.90 Å². The molecule has 0 N–H and O–H groups in total. The van der Waals surface area contributed by atoms with Crippen molar-refractivity contribution in [3.05, 3.63) is 70.0 Å². The molecule has 1 aliphatic rings. The molecule has 0 aromatic heterocycles. The predicted octanol–water partition coefficient (Wildman–Crippen LogP) is 3.68. The van der Waals surface area contributed by atoms with E-state index in [0.717, 1.165) is 17.5 Å². The van der Waals surface area contributed by atoms with Gasteiger partial charge in [-0.15, -0.1) is 0 Å². The van der Waals surface area contributed by atoms with E-state index in [-0.39, 0.29) is 11.7 Å². The Morgan fingerprint density at radius 2 is 2.00 bits per heavy atom. The van der Waals surface area contributed by atoms with Gasteiger partial charge in [-0.1, -0.05) is 29.8 Å². The second kappa shape index (κ2) is 5.25. The molecule has 0 saturated carbocycles. The number of fused-ring (bicyclic) bond motifs is 1. The van der Waals surface area contributed by atoms with Crippen molar-refractivity contribution in [2.24, 2.45) is 0 Å². The van der Waals surface area contributed by atoms with Crippen molar-refractivity contribution in [3.8, 4) is 0 Å². The van der Waals surface area contributed by atoms with E-state index in [9.17, 15) is 9.18 Å². The minimum atomic E-state index is -0.339. The van der Waals surface area contributed by atoms with Crippen LogP contribution < -0.4 is 0 Å². The van der Waals surface area contributed by atoms with Gasteiger partial charge in [-0.3, -0.25) is 4.79 Å². The maximum absolute atomic E-state index is 13.3. The minimum Gasteiger partial charge on any atom is -0.334 e. The summed E-state index contributed by atoms with van der Waals surface area (Å²) in [7, 11) is 0. The Hall–Kier alpha value is -1.87. The third-order valence-electron chi connectivity index (χ3n) is 3.56. The first-order chi connectivity index (χ1) is 9.65. The fourth-order valence-corrected chi connectivity index (χ4v) is 2.67. The SMILES string of the molecule is O=C1c2ccccc2CCN1Cc1cc(F)ccc1Cl. The number of amides is 1. The first-order valence-electron chi connectivity index (χ1n) is 6.46. The lowest BCUT2D eigenvalue weighted by Gasteiger charge is -2.28. The summed E-state index contributed by atoms with van der Waals surface area (Å²) in [4.78, 5) is 14.1. The molecule has 1 amide bonds. The Morgan fingerprint density at radius 3 is 2.85 bits per heavy atom. The fraction of sp³-hybridized carbons (Fsp3) is 0.188. The molecular formula is C16H13ClFNO. The third-order valence-corrected chi connectivity index (χ3v) is 3.92. The second-order valence-electron chi connectivity index (χ2n) is 4.87. The standard InChI is InChI=1S/C16H13ClFNO/c17-15-6-5-13(18)9-12(15)10-19-8-7-11-3-1-2-4-14(11)16(19)20/h1-6,9H,7-8,10H2. The number of carbonyl (C=O) groups is 1. The topological polar surface area (TPSA) is 20.3 Å². The van der Waals surface area contributed by atoms with Crippen LogP contribution in [0.1, 0.15) is 21.5 Å². The summed E-state index contributed by atoms with van der Waals surface area (Å²) in [6, 6.07) is 11.8. The van der Waals surface area contributed by atoms with E-state index in [0.29, 0.717) is 23.7 Å². The normalized spacial score (nSPS) is 14.3. The highest BCUT2D eigenvalue weighted by Crippen LogP contribution is 2.23.